The zero-order chi connectivity index (χ0) is 19.9. The second kappa shape index (κ2) is 9.61. The lowest BCUT2D eigenvalue weighted by Crippen LogP contribution is -2.41. The van der Waals surface area contributed by atoms with Gasteiger partial charge in [-0.15, -0.1) is 0 Å². The van der Waals surface area contributed by atoms with E-state index in [4.69, 9.17) is 9.47 Å². The summed E-state index contributed by atoms with van der Waals surface area (Å²) in [5.41, 5.74) is 2.34. The Morgan fingerprint density at radius 3 is 2.59 bits per heavy atom. The maximum atomic E-state index is 12.6. The molecule has 29 heavy (non-hydrogen) atoms. The molecule has 2 heterocycles. The Morgan fingerprint density at radius 1 is 1.00 bits per heavy atom. The van der Waals surface area contributed by atoms with Gasteiger partial charge in [-0.1, -0.05) is 36.4 Å². The average molecular weight is 392 g/mol. The molecule has 0 atom stereocenters. The number of carbonyl (C=O) groups excluding carboxylic acids is 1. The number of benzene rings is 2. The van der Waals surface area contributed by atoms with Crippen molar-refractivity contribution in [3.05, 3.63) is 66.4 Å². The number of ether oxygens (including phenoxy) is 2. The largest absolute Gasteiger partial charge is 0.491 e. The predicted octanol–water partition coefficient (Wildman–Crippen LogP) is 4.19. The Hall–Kier alpha value is -2.79. The number of aromatic amines is 1. The highest BCUT2D eigenvalue weighted by Gasteiger charge is 2.23. The fraction of sp³-hybridized carbons (Fsp3) is 0.375. The molecule has 5 heteroatoms. The Bertz CT molecular complexity index is 914. The molecule has 0 aliphatic carbocycles. The molecule has 1 fully saturated rings. The first-order chi connectivity index (χ1) is 14.3. The molecular weight excluding hydrogens is 364 g/mol. The summed E-state index contributed by atoms with van der Waals surface area (Å²) in [6.45, 7) is 2.68. The van der Waals surface area contributed by atoms with Crippen molar-refractivity contribution in [2.24, 2.45) is 0 Å². The Kier molecular flexibility index (Phi) is 6.47. The van der Waals surface area contributed by atoms with Gasteiger partial charge in [0.1, 0.15) is 12.4 Å². The van der Waals surface area contributed by atoms with Crippen LogP contribution in [0, 0.1) is 0 Å². The number of H-pyrrole nitrogens is 1. The number of para-hydroxylation sites is 2. The number of nitrogens with zero attached hydrogens (tertiary/aromatic N) is 1. The Morgan fingerprint density at radius 2 is 1.76 bits per heavy atom. The Balaban J connectivity index is 1.15. The zero-order valence-corrected chi connectivity index (χ0v) is 16.7. The molecular formula is C24H28N2O3. The van der Waals surface area contributed by atoms with Gasteiger partial charge in [-0.05, 0) is 43.0 Å². The first-order valence-corrected chi connectivity index (χ1v) is 10.4. The van der Waals surface area contributed by atoms with Gasteiger partial charge in [-0.2, -0.15) is 0 Å². The maximum absolute atomic E-state index is 12.6. The van der Waals surface area contributed by atoms with Gasteiger partial charge in [0.2, 0.25) is 5.91 Å². The zero-order valence-electron chi connectivity index (χ0n) is 16.7. The lowest BCUT2D eigenvalue weighted by molar-refractivity contribution is -0.133. The molecule has 2 aromatic carbocycles. The summed E-state index contributed by atoms with van der Waals surface area (Å²) in [6, 6.07) is 18.0. The molecule has 5 nitrogen and oxygen atoms in total. The Labute approximate surface area is 171 Å². The number of amides is 1. The SMILES string of the molecule is O=C(CCc1c[nH]c2ccccc12)N1CCC(OCCOc2ccccc2)CC1. The number of piperidine rings is 1. The van der Waals surface area contributed by atoms with Gasteiger partial charge in [-0.3, -0.25) is 4.79 Å². The number of fused-ring (bicyclic) bond motifs is 1. The van der Waals surface area contributed by atoms with Crippen molar-refractivity contribution in [2.45, 2.75) is 31.8 Å². The van der Waals surface area contributed by atoms with E-state index in [1.807, 2.05) is 53.6 Å². The molecule has 4 rings (SSSR count). The highest BCUT2D eigenvalue weighted by molar-refractivity contribution is 5.84. The monoisotopic (exact) mass is 392 g/mol. The highest BCUT2D eigenvalue weighted by atomic mass is 16.5. The van der Waals surface area contributed by atoms with Gasteiger partial charge in [-0.25, -0.2) is 0 Å². The van der Waals surface area contributed by atoms with Gasteiger partial charge in [0.05, 0.1) is 12.7 Å². The minimum atomic E-state index is 0.215. The minimum Gasteiger partial charge on any atom is -0.491 e. The molecule has 0 saturated carbocycles. The summed E-state index contributed by atoms with van der Waals surface area (Å²) >= 11 is 0. The summed E-state index contributed by atoms with van der Waals surface area (Å²) in [5.74, 6) is 1.10. The van der Waals surface area contributed by atoms with Crippen LogP contribution in [0.2, 0.25) is 0 Å². The fourth-order valence-electron chi connectivity index (χ4n) is 3.90. The van der Waals surface area contributed by atoms with Crippen LogP contribution in [-0.2, 0) is 16.0 Å². The molecule has 1 aliphatic heterocycles. The standard InChI is InChI=1S/C24H28N2O3/c27-24(11-10-19-18-25-23-9-5-4-8-22(19)23)26-14-12-21(13-15-26)29-17-16-28-20-6-2-1-3-7-20/h1-9,18,21,25H,10-17H2. The first-order valence-electron chi connectivity index (χ1n) is 10.4. The van der Waals surface area contributed by atoms with Crippen LogP contribution in [0.3, 0.4) is 0 Å². The molecule has 0 unspecified atom stereocenters. The van der Waals surface area contributed by atoms with E-state index >= 15 is 0 Å². The van der Waals surface area contributed by atoms with E-state index in [9.17, 15) is 4.79 Å². The third-order valence-corrected chi connectivity index (χ3v) is 5.53. The number of aryl methyl sites for hydroxylation is 1. The van der Waals surface area contributed by atoms with Gasteiger partial charge in [0.15, 0.2) is 0 Å². The second-order valence-electron chi connectivity index (χ2n) is 7.47. The van der Waals surface area contributed by atoms with Crippen LogP contribution in [-0.4, -0.2) is 48.2 Å². The van der Waals surface area contributed by atoms with E-state index in [0.717, 1.165) is 43.6 Å². The predicted molar refractivity (Wildman–Crippen MR) is 114 cm³/mol. The van der Waals surface area contributed by atoms with E-state index in [1.165, 1.54) is 10.9 Å². The number of nitrogens with one attached hydrogen (secondary N) is 1. The topological polar surface area (TPSA) is 54.6 Å². The van der Waals surface area contributed by atoms with Crippen LogP contribution >= 0.6 is 0 Å². The summed E-state index contributed by atoms with van der Waals surface area (Å²) in [7, 11) is 0. The molecule has 1 aromatic heterocycles. The first kappa shape index (κ1) is 19.5. The van der Waals surface area contributed by atoms with Crippen LogP contribution in [0.15, 0.2) is 60.8 Å². The molecule has 0 bridgehead atoms. The van der Waals surface area contributed by atoms with Crippen LogP contribution in [0.4, 0.5) is 0 Å². The van der Waals surface area contributed by atoms with Crippen molar-refractivity contribution in [3.8, 4) is 5.75 Å². The van der Waals surface area contributed by atoms with Crippen LogP contribution in [0.25, 0.3) is 10.9 Å². The number of hydrogen-bond donors (Lipinski definition) is 1. The molecule has 1 saturated heterocycles. The van der Waals surface area contributed by atoms with Gasteiger partial charge in [0.25, 0.3) is 0 Å². The van der Waals surface area contributed by atoms with Crippen LogP contribution < -0.4 is 4.74 Å². The van der Waals surface area contributed by atoms with Crippen molar-refractivity contribution in [1.82, 2.24) is 9.88 Å². The summed E-state index contributed by atoms with van der Waals surface area (Å²) in [5, 5.41) is 1.21. The molecule has 0 spiro atoms. The number of likely N-dealkylation sites (tertiary alicyclic amines) is 1. The van der Waals surface area contributed by atoms with Crippen LogP contribution in [0.5, 0.6) is 5.75 Å². The van der Waals surface area contributed by atoms with Crippen molar-refractivity contribution in [2.75, 3.05) is 26.3 Å². The van der Waals surface area contributed by atoms with E-state index in [2.05, 4.69) is 17.1 Å². The molecule has 1 aliphatic rings. The third-order valence-electron chi connectivity index (χ3n) is 5.53. The van der Waals surface area contributed by atoms with Crippen molar-refractivity contribution >= 4 is 16.8 Å². The smallest absolute Gasteiger partial charge is 0.222 e. The third kappa shape index (κ3) is 5.18. The van der Waals surface area contributed by atoms with E-state index in [1.54, 1.807) is 0 Å². The second-order valence-corrected chi connectivity index (χ2v) is 7.47. The molecule has 3 aromatic rings. The van der Waals surface area contributed by atoms with Gasteiger partial charge in [0, 0.05) is 36.6 Å². The molecule has 1 amide bonds. The fourth-order valence-corrected chi connectivity index (χ4v) is 3.90. The number of rotatable bonds is 8. The normalized spacial score (nSPS) is 15.0. The number of hydrogen-bond acceptors (Lipinski definition) is 3. The summed E-state index contributed by atoms with van der Waals surface area (Å²) in [6.07, 6.45) is 5.35. The molecule has 1 N–H and O–H groups in total. The van der Waals surface area contributed by atoms with E-state index < -0.39 is 0 Å². The van der Waals surface area contributed by atoms with E-state index in [-0.39, 0.29) is 12.0 Å². The quantitative estimate of drug-likeness (QED) is 0.585. The number of aromatic nitrogens is 1. The highest BCUT2D eigenvalue weighted by Crippen LogP contribution is 2.20. The van der Waals surface area contributed by atoms with Crippen molar-refractivity contribution in [3.63, 3.8) is 0 Å². The number of carbonyl (C=O) groups is 1. The molecule has 152 valence electrons. The maximum Gasteiger partial charge on any atom is 0.222 e. The lowest BCUT2D eigenvalue weighted by atomic mass is 10.1. The van der Waals surface area contributed by atoms with Gasteiger partial charge < -0.3 is 19.4 Å². The van der Waals surface area contributed by atoms with Gasteiger partial charge >= 0.3 is 0 Å². The van der Waals surface area contributed by atoms with E-state index in [0.29, 0.717) is 19.6 Å². The van der Waals surface area contributed by atoms with Crippen LogP contribution in [0.1, 0.15) is 24.8 Å². The minimum absolute atomic E-state index is 0.215. The summed E-state index contributed by atoms with van der Waals surface area (Å²) < 4.78 is 11.6. The average Bonchev–Trinajstić information content (AvgIpc) is 3.19. The van der Waals surface area contributed by atoms with Crippen molar-refractivity contribution < 1.29 is 14.3 Å². The summed E-state index contributed by atoms with van der Waals surface area (Å²) in [4.78, 5) is 17.9. The molecule has 0 radical (unpaired) electrons. The lowest BCUT2D eigenvalue weighted by Gasteiger charge is -2.32. The van der Waals surface area contributed by atoms with Crippen molar-refractivity contribution in [1.29, 1.82) is 0 Å².